The number of hydrogen-bond donors (Lipinski definition) is 2. The van der Waals surface area contributed by atoms with E-state index in [9.17, 15) is 25.1 Å². The van der Waals surface area contributed by atoms with Crippen LogP contribution in [0.15, 0.2) is 36.4 Å². The molecule has 7 rings (SSSR count). The molecule has 210 valence electrons. The molecule has 3 unspecified atom stereocenters. The molecule has 1 spiro atoms. The molecular weight excluding hydrogens is 510 g/mol. The van der Waals surface area contributed by atoms with Gasteiger partial charge in [0.15, 0.2) is 11.5 Å². The van der Waals surface area contributed by atoms with Gasteiger partial charge in [-0.1, -0.05) is 29.8 Å². The van der Waals surface area contributed by atoms with Crippen molar-refractivity contribution in [2.75, 3.05) is 20.1 Å². The Kier molecular flexibility index (Phi) is 5.61. The molecule has 2 aromatic carbocycles. The van der Waals surface area contributed by atoms with E-state index in [1.54, 1.807) is 24.1 Å². The molecule has 1 saturated heterocycles. The number of aromatic hydroxyl groups is 1. The van der Waals surface area contributed by atoms with E-state index in [0.29, 0.717) is 42.7 Å². The lowest BCUT2D eigenvalue weighted by atomic mass is 9.48. The normalized spacial score (nSPS) is 32.0. The van der Waals surface area contributed by atoms with Gasteiger partial charge in [-0.3, -0.25) is 19.8 Å². The van der Waals surface area contributed by atoms with Crippen molar-refractivity contribution in [2.24, 2.45) is 5.92 Å². The third-order valence-corrected chi connectivity index (χ3v) is 10.3. The molecule has 2 saturated carbocycles. The molecule has 2 aliphatic heterocycles. The van der Waals surface area contributed by atoms with Crippen molar-refractivity contribution >= 4 is 17.7 Å². The molecule has 9 nitrogen and oxygen atoms in total. The maximum atomic E-state index is 13.4. The number of amides is 1. The number of carbonyl (C=O) groups excluding carboxylic acids is 1. The summed E-state index contributed by atoms with van der Waals surface area (Å²) in [4.78, 5) is 29.2. The number of hydrogen-bond acceptors (Lipinski definition) is 7. The number of nitro groups is 1. The fourth-order valence-electron chi connectivity index (χ4n) is 8.30. The topological polar surface area (TPSA) is 116 Å². The minimum absolute atomic E-state index is 0.118. The summed E-state index contributed by atoms with van der Waals surface area (Å²) in [5.74, 6) is 0.394. The number of likely N-dealkylation sites (tertiary alicyclic amines) is 1. The number of aryl methyl sites for hydroxylation is 1. The Morgan fingerprint density at radius 3 is 2.80 bits per heavy atom. The van der Waals surface area contributed by atoms with E-state index < -0.39 is 22.0 Å². The number of phenols is 1. The van der Waals surface area contributed by atoms with Crippen molar-refractivity contribution in [3.63, 3.8) is 0 Å². The van der Waals surface area contributed by atoms with Crippen LogP contribution in [0.3, 0.4) is 0 Å². The summed E-state index contributed by atoms with van der Waals surface area (Å²) in [7, 11) is 1.76. The monoisotopic (exact) mass is 545 g/mol. The van der Waals surface area contributed by atoms with Crippen LogP contribution in [0.5, 0.6) is 11.5 Å². The molecule has 2 bridgehead atoms. The first-order chi connectivity index (χ1) is 19.1. The average molecular weight is 546 g/mol. The molecule has 5 aliphatic rings. The van der Waals surface area contributed by atoms with E-state index >= 15 is 0 Å². The maximum absolute atomic E-state index is 13.4. The van der Waals surface area contributed by atoms with Crippen LogP contribution < -0.4 is 4.74 Å². The summed E-state index contributed by atoms with van der Waals surface area (Å²) < 4.78 is 6.53. The highest BCUT2D eigenvalue weighted by atomic mass is 16.6. The van der Waals surface area contributed by atoms with Gasteiger partial charge in [-0.2, -0.15) is 0 Å². The first-order valence-corrected chi connectivity index (χ1v) is 14.3. The summed E-state index contributed by atoms with van der Waals surface area (Å²) in [6, 6.07) is 8.45. The minimum Gasteiger partial charge on any atom is -0.504 e. The molecule has 3 fully saturated rings. The van der Waals surface area contributed by atoms with Gasteiger partial charge in [0.2, 0.25) is 5.91 Å². The highest BCUT2D eigenvalue weighted by molar-refractivity contribution is 5.92. The molecule has 2 heterocycles. The fourth-order valence-corrected chi connectivity index (χ4v) is 8.30. The van der Waals surface area contributed by atoms with Crippen molar-refractivity contribution in [2.45, 2.75) is 74.7 Å². The van der Waals surface area contributed by atoms with Crippen molar-refractivity contribution < 1.29 is 24.7 Å². The van der Waals surface area contributed by atoms with Gasteiger partial charge < -0.3 is 19.8 Å². The zero-order chi connectivity index (χ0) is 28.0. The van der Waals surface area contributed by atoms with E-state index in [-0.39, 0.29) is 35.2 Å². The quantitative estimate of drug-likeness (QED) is 0.323. The number of benzene rings is 2. The third kappa shape index (κ3) is 3.50. The standard InChI is InChI=1S/C31H35N3O6/c1-18-4-3-5-19(14-18)8-9-26(36)32(2)22-10-11-31(37)25-15-21-23(34(38)39)16-24(35)28-27(21)30(31,29(22)40-28)12-13-33(25)17-20-6-7-20/h3-5,8-9,14,16,20,22,25,29,35,37H,6-7,10-13,15,17H2,1-2H3/t22?,25-,29?,30+,31?/m1/s1. The summed E-state index contributed by atoms with van der Waals surface area (Å²) in [6.07, 6.45) is 6.97. The largest absolute Gasteiger partial charge is 0.504 e. The van der Waals surface area contributed by atoms with Crippen LogP contribution in [0, 0.1) is 23.0 Å². The number of phenolic OH excluding ortho intramolecular Hbond substituents is 1. The van der Waals surface area contributed by atoms with Crippen LogP contribution in [0.4, 0.5) is 5.69 Å². The number of ether oxygens (including phenoxy) is 1. The lowest BCUT2D eigenvalue weighted by molar-refractivity contribution is -0.386. The van der Waals surface area contributed by atoms with Gasteiger partial charge in [-0.25, -0.2) is 0 Å². The predicted octanol–water partition coefficient (Wildman–Crippen LogP) is 3.71. The zero-order valence-corrected chi connectivity index (χ0v) is 22.9. The molecule has 3 aliphatic carbocycles. The highest BCUT2D eigenvalue weighted by Gasteiger charge is 2.74. The number of carbonyl (C=O) groups is 1. The Hall–Kier alpha value is -3.43. The Morgan fingerprint density at radius 1 is 1.27 bits per heavy atom. The first kappa shape index (κ1) is 25.5. The van der Waals surface area contributed by atoms with Gasteiger partial charge in [0, 0.05) is 36.8 Å². The number of rotatable bonds is 6. The summed E-state index contributed by atoms with van der Waals surface area (Å²) >= 11 is 0. The Balaban J connectivity index is 1.30. The molecule has 40 heavy (non-hydrogen) atoms. The maximum Gasteiger partial charge on any atom is 0.276 e. The Morgan fingerprint density at radius 2 is 2.08 bits per heavy atom. The van der Waals surface area contributed by atoms with Gasteiger partial charge in [-0.05, 0) is 69.6 Å². The molecule has 0 radical (unpaired) electrons. The second-order valence-corrected chi connectivity index (χ2v) is 12.5. The highest BCUT2D eigenvalue weighted by Crippen LogP contribution is 2.67. The van der Waals surface area contributed by atoms with Gasteiger partial charge in [0.1, 0.15) is 6.10 Å². The number of aliphatic hydroxyl groups is 1. The summed E-state index contributed by atoms with van der Waals surface area (Å²) in [6.45, 7) is 3.63. The van der Waals surface area contributed by atoms with Crippen LogP contribution in [0.25, 0.3) is 6.08 Å². The van der Waals surface area contributed by atoms with Gasteiger partial charge >= 0.3 is 0 Å². The van der Waals surface area contributed by atoms with Crippen molar-refractivity contribution in [1.29, 1.82) is 0 Å². The minimum atomic E-state index is -1.18. The summed E-state index contributed by atoms with van der Waals surface area (Å²) in [5.41, 5.74) is 0.954. The lowest BCUT2D eigenvalue weighted by Crippen LogP contribution is -2.78. The first-order valence-electron chi connectivity index (χ1n) is 14.3. The SMILES string of the molecule is Cc1cccc(C=CC(=O)N(C)C2CCC3(O)[C@H]4Cc5c([N+](=O)[O-])cc(O)c6c5[C@@]3(CCN4CC3CC3)C2O6)c1. The smallest absolute Gasteiger partial charge is 0.276 e. The van der Waals surface area contributed by atoms with E-state index in [2.05, 4.69) is 4.90 Å². The molecular formula is C31H35N3O6. The molecule has 0 aromatic heterocycles. The van der Waals surface area contributed by atoms with Crippen molar-refractivity contribution in [3.8, 4) is 11.5 Å². The third-order valence-electron chi connectivity index (χ3n) is 10.3. The zero-order valence-electron chi connectivity index (χ0n) is 22.9. The van der Waals surface area contributed by atoms with Gasteiger partial charge in [0.05, 0.1) is 28.0 Å². The molecule has 1 amide bonds. The second kappa shape index (κ2) is 8.78. The second-order valence-electron chi connectivity index (χ2n) is 12.5. The van der Waals surface area contributed by atoms with E-state index in [0.717, 1.165) is 24.2 Å². The van der Waals surface area contributed by atoms with Crippen molar-refractivity contribution in [3.05, 3.63) is 68.8 Å². The van der Waals surface area contributed by atoms with Crippen LogP contribution in [-0.2, 0) is 16.6 Å². The molecule has 2 aromatic rings. The van der Waals surface area contributed by atoms with Crippen LogP contribution in [0.1, 0.15) is 54.4 Å². The van der Waals surface area contributed by atoms with E-state index in [1.165, 1.54) is 18.9 Å². The average Bonchev–Trinajstić information content (AvgIpc) is 3.66. The van der Waals surface area contributed by atoms with Crippen LogP contribution in [-0.4, -0.2) is 74.8 Å². The van der Waals surface area contributed by atoms with Gasteiger partial charge in [-0.15, -0.1) is 0 Å². The van der Waals surface area contributed by atoms with E-state index in [4.69, 9.17) is 4.74 Å². The number of nitrogens with zero attached hydrogens (tertiary/aromatic N) is 3. The number of piperidine rings is 1. The Labute approximate surface area is 233 Å². The van der Waals surface area contributed by atoms with E-state index in [1.807, 2.05) is 31.2 Å². The van der Waals surface area contributed by atoms with Crippen LogP contribution >= 0.6 is 0 Å². The van der Waals surface area contributed by atoms with Crippen LogP contribution in [0.2, 0.25) is 0 Å². The molecule has 2 N–H and O–H groups in total. The predicted molar refractivity (Wildman–Crippen MR) is 148 cm³/mol. The van der Waals surface area contributed by atoms with Gasteiger partial charge in [0.25, 0.3) is 5.69 Å². The fraction of sp³-hybridized carbons (Fsp3) is 0.516. The number of likely N-dealkylation sites (N-methyl/N-ethyl adjacent to an activating group) is 1. The summed E-state index contributed by atoms with van der Waals surface area (Å²) in [5, 5.41) is 35.8. The number of nitro benzene ring substituents is 1. The lowest BCUT2D eigenvalue weighted by Gasteiger charge is -2.64. The molecule has 9 heteroatoms. The van der Waals surface area contributed by atoms with Crippen molar-refractivity contribution in [1.82, 2.24) is 9.80 Å². The Bertz CT molecular complexity index is 1450. The molecule has 5 atom stereocenters.